The van der Waals surface area contributed by atoms with Gasteiger partial charge in [-0.25, -0.2) is 0 Å². The molecule has 0 aliphatic carbocycles. The van der Waals surface area contributed by atoms with Gasteiger partial charge in [0.2, 0.25) is 0 Å². The van der Waals surface area contributed by atoms with Crippen molar-refractivity contribution in [1.82, 2.24) is 0 Å². The van der Waals surface area contributed by atoms with Crippen molar-refractivity contribution in [3.63, 3.8) is 0 Å². The number of unbranched alkanes of at least 4 members (excludes halogenated alkanes) is 7. The van der Waals surface area contributed by atoms with Crippen molar-refractivity contribution in [2.45, 2.75) is 84.2 Å². The lowest BCUT2D eigenvalue weighted by Crippen LogP contribution is -2.23. The molecule has 3 heteroatoms. The first-order chi connectivity index (χ1) is 8.45. The van der Waals surface area contributed by atoms with Crippen molar-refractivity contribution in [2.75, 3.05) is 6.61 Å². The van der Waals surface area contributed by atoms with E-state index in [0.29, 0.717) is 13.0 Å². The zero-order valence-corrected chi connectivity index (χ0v) is 12.3. The second-order valence-corrected chi connectivity index (χ2v) is 5.89. The summed E-state index contributed by atoms with van der Waals surface area (Å²) in [6.07, 6.45) is 9.54. The number of carbonyl (C=O) groups is 1. The molecule has 0 aromatic rings. The van der Waals surface area contributed by atoms with E-state index in [0.717, 1.165) is 25.7 Å². The summed E-state index contributed by atoms with van der Waals surface area (Å²) in [5.74, 6) is -0.0783. The summed E-state index contributed by atoms with van der Waals surface area (Å²) in [5, 5.41) is 8.63. The molecule has 3 nitrogen and oxygen atoms in total. The first-order valence-corrected chi connectivity index (χ1v) is 7.28. The predicted molar refractivity (Wildman–Crippen MR) is 74.5 cm³/mol. The molecular weight excluding hydrogens is 228 g/mol. The SMILES string of the molecule is CC(C)(C)OC(=O)CCCCCCCCCCO. The molecule has 0 aromatic heterocycles. The summed E-state index contributed by atoms with van der Waals surface area (Å²) in [5.41, 5.74) is -0.357. The van der Waals surface area contributed by atoms with Gasteiger partial charge in [0.1, 0.15) is 5.60 Å². The van der Waals surface area contributed by atoms with Crippen molar-refractivity contribution in [3.8, 4) is 0 Å². The number of esters is 1. The number of aliphatic hydroxyl groups excluding tert-OH is 1. The second kappa shape index (κ2) is 10.4. The highest BCUT2D eigenvalue weighted by atomic mass is 16.6. The Labute approximate surface area is 112 Å². The molecule has 108 valence electrons. The Morgan fingerprint density at radius 1 is 0.889 bits per heavy atom. The van der Waals surface area contributed by atoms with Crippen LogP contribution in [0.5, 0.6) is 0 Å². The number of aliphatic hydroxyl groups is 1. The lowest BCUT2D eigenvalue weighted by atomic mass is 10.1. The van der Waals surface area contributed by atoms with E-state index in [9.17, 15) is 4.79 Å². The van der Waals surface area contributed by atoms with Gasteiger partial charge in [-0.05, 0) is 33.6 Å². The summed E-state index contributed by atoms with van der Waals surface area (Å²) in [6.45, 7) is 6.02. The minimum atomic E-state index is -0.357. The Morgan fingerprint density at radius 2 is 1.33 bits per heavy atom. The average molecular weight is 258 g/mol. The normalized spacial score (nSPS) is 11.6. The fraction of sp³-hybridized carbons (Fsp3) is 0.933. The van der Waals surface area contributed by atoms with Crippen LogP contribution in [-0.2, 0) is 9.53 Å². The lowest BCUT2D eigenvalue weighted by molar-refractivity contribution is -0.154. The first-order valence-electron chi connectivity index (χ1n) is 7.28. The van der Waals surface area contributed by atoms with E-state index in [-0.39, 0.29) is 11.6 Å². The molecule has 0 unspecified atom stereocenters. The predicted octanol–water partition coefficient (Wildman–Crippen LogP) is 3.83. The van der Waals surface area contributed by atoms with Crippen molar-refractivity contribution in [2.24, 2.45) is 0 Å². The third kappa shape index (κ3) is 13.5. The maximum atomic E-state index is 11.4. The maximum Gasteiger partial charge on any atom is 0.306 e. The molecule has 18 heavy (non-hydrogen) atoms. The van der Waals surface area contributed by atoms with Crippen LogP contribution in [-0.4, -0.2) is 23.3 Å². The number of rotatable bonds is 10. The van der Waals surface area contributed by atoms with Crippen LogP contribution in [0.15, 0.2) is 0 Å². The molecule has 0 aliphatic heterocycles. The van der Waals surface area contributed by atoms with Crippen LogP contribution >= 0.6 is 0 Å². The molecule has 0 aliphatic rings. The third-order valence-electron chi connectivity index (χ3n) is 2.71. The first kappa shape index (κ1) is 17.4. The van der Waals surface area contributed by atoms with Gasteiger partial charge in [0.25, 0.3) is 0 Å². The van der Waals surface area contributed by atoms with Gasteiger partial charge < -0.3 is 9.84 Å². The zero-order chi connectivity index (χ0) is 13.9. The monoisotopic (exact) mass is 258 g/mol. The minimum Gasteiger partial charge on any atom is -0.460 e. The van der Waals surface area contributed by atoms with Gasteiger partial charge in [-0.1, -0.05) is 38.5 Å². The average Bonchev–Trinajstić information content (AvgIpc) is 2.24. The molecule has 0 amide bonds. The van der Waals surface area contributed by atoms with Gasteiger partial charge >= 0.3 is 5.97 Å². The van der Waals surface area contributed by atoms with Gasteiger partial charge in [0.15, 0.2) is 0 Å². The van der Waals surface area contributed by atoms with E-state index in [4.69, 9.17) is 9.84 Å². The van der Waals surface area contributed by atoms with E-state index in [1.807, 2.05) is 20.8 Å². The third-order valence-corrected chi connectivity index (χ3v) is 2.71. The van der Waals surface area contributed by atoms with Crippen LogP contribution < -0.4 is 0 Å². The Morgan fingerprint density at radius 3 is 1.78 bits per heavy atom. The summed E-state index contributed by atoms with van der Waals surface area (Å²) in [6, 6.07) is 0. The number of hydrogen-bond donors (Lipinski definition) is 1. The van der Waals surface area contributed by atoms with Crippen molar-refractivity contribution >= 4 is 5.97 Å². The quantitative estimate of drug-likeness (QED) is 0.478. The standard InChI is InChI=1S/C15H30O3/c1-15(2,3)18-14(17)12-10-8-6-4-5-7-9-11-13-16/h16H,4-13H2,1-3H3. The van der Waals surface area contributed by atoms with E-state index in [1.54, 1.807) is 0 Å². The van der Waals surface area contributed by atoms with Crippen LogP contribution in [0.25, 0.3) is 0 Å². The van der Waals surface area contributed by atoms with Crippen LogP contribution in [0.4, 0.5) is 0 Å². The van der Waals surface area contributed by atoms with Crippen molar-refractivity contribution < 1.29 is 14.6 Å². The van der Waals surface area contributed by atoms with E-state index in [2.05, 4.69) is 0 Å². The van der Waals surface area contributed by atoms with Crippen molar-refractivity contribution in [3.05, 3.63) is 0 Å². The highest BCUT2D eigenvalue weighted by molar-refractivity contribution is 5.69. The topological polar surface area (TPSA) is 46.5 Å². The van der Waals surface area contributed by atoms with Crippen LogP contribution in [0.1, 0.15) is 78.6 Å². The van der Waals surface area contributed by atoms with Gasteiger partial charge in [-0.2, -0.15) is 0 Å². The molecule has 0 spiro atoms. The van der Waals surface area contributed by atoms with E-state index < -0.39 is 0 Å². The fourth-order valence-electron chi connectivity index (χ4n) is 1.83. The summed E-state index contributed by atoms with van der Waals surface area (Å²) in [4.78, 5) is 11.4. The number of carbonyl (C=O) groups excluding carboxylic acids is 1. The van der Waals surface area contributed by atoms with Crippen molar-refractivity contribution in [1.29, 1.82) is 0 Å². The summed E-state index contributed by atoms with van der Waals surface area (Å²) >= 11 is 0. The molecule has 0 radical (unpaired) electrons. The molecule has 0 bridgehead atoms. The second-order valence-electron chi connectivity index (χ2n) is 5.89. The maximum absolute atomic E-state index is 11.4. The zero-order valence-electron chi connectivity index (χ0n) is 12.3. The van der Waals surface area contributed by atoms with Crippen LogP contribution in [0, 0.1) is 0 Å². The molecular formula is C15H30O3. The Bertz CT molecular complexity index is 206. The highest BCUT2D eigenvalue weighted by Gasteiger charge is 2.15. The minimum absolute atomic E-state index is 0.0783. The largest absolute Gasteiger partial charge is 0.460 e. The Hall–Kier alpha value is -0.570. The lowest BCUT2D eigenvalue weighted by Gasteiger charge is -2.19. The highest BCUT2D eigenvalue weighted by Crippen LogP contribution is 2.12. The van der Waals surface area contributed by atoms with Crippen LogP contribution in [0.3, 0.4) is 0 Å². The van der Waals surface area contributed by atoms with Gasteiger partial charge in [0, 0.05) is 13.0 Å². The molecule has 0 atom stereocenters. The van der Waals surface area contributed by atoms with Gasteiger partial charge in [-0.15, -0.1) is 0 Å². The summed E-state index contributed by atoms with van der Waals surface area (Å²) in [7, 11) is 0. The fourth-order valence-corrected chi connectivity index (χ4v) is 1.83. The molecule has 0 aromatic carbocycles. The van der Waals surface area contributed by atoms with Crippen LogP contribution in [0.2, 0.25) is 0 Å². The van der Waals surface area contributed by atoms with E-state index >= 15 is 0 Å². The molecule has 0 saturated heterocycles. The van der Waals surface area contributed by atoms with Gasteiger partial charge in [0.05, 0.1) is 0 Å². The Kier molecular flexibility index (Phi) is 10.0. The molecule has 0 fully saturated rings. The molecule has 1 N–H and O–H groups in total. The Balaban J connectivity index is 3.23. The molecule has 0 heterocycles. The smallest absolute Gasteiger partial charge is 0.306 e. The number of hydrogen-bond acceptors (Lipinski definition) is 3. The molecule has 0 saturated carbocycles. The molecule has 0 rings (SSSR count). The van der Waals surface area contributed by atoms with Gasteiger partial charge in [-0.3, -0.25) is 4.79 Å². The summed E-state index contributed by atoms with van der Waals surface area (Å²) < 4.78 is 5.25. The van der Waals surface area contributed by atoms with E-state index in [1.165, 1.54) is 25.7 Å². The number of ether oxygens (including phenoxy) is 1.